The van der Waals surface area contributed by atoms with Gasteiger partial charge in [-0.1, -0.05) is 59.6 Å². The summed E-state index contributed by atoms with van der Waals surface area (Å²) < 4.78 is 0. The lowest BCUT2D eigenvalue weighted by atomic mass is 9.96. The van der Waals surface area contributed by atoms with Crippen LogP contribution in [0.15, 0.2) is 48.5 Å². The van der Waals surface area contributed by atoms with E-state index in [1.807, 2.05) is 18.2 Å². The van der Waals surface area contributed by atoms with Gasteiger partial charge in [-0.3, -0.25) is 4.79 Å². The van der Waals surface area contributed by atoms with E-state index in [4.69, 9.17) is 23.2 Å². The van der Waals surface area contributed by atoms with Gasteiger partial charge in [0.1, 0.15) is 0 Å². The Kier molecular flexibility index (Phi) is 4.42. The predicted octanol–water partition coefficient (Wildman–Crippen LogP) is 4.38. The topological polar surface area (TPSA) is 29.1 Å². The fourth-order valence-corrected chi connectivity index (χ4v) is 3.15. The Bertz CT molecular complexity index is 681. The lowest BCUT2D eigenvalue weighted by Gasteiger charge is -2.16. The molecule has 0 aromatic heterocycles. The molecule has 4 heteroatoms. The van der Waals surface area contributed by atoms with E-state index >= 15 is 0 Å². The minimum atomic E-state index is -0.00794. The highest BCUT2D eigenvalue weighted by atomic mass is 35.5. The summed E-state index contributed by atoms with van der Waals surface area (Å²) in [7, 11) is 0. The van der Waals surface area contributed by atoms with Crippen LogP contribution in [0.25, 0.3) is 0 Å². The quantitative estimate of drug-likeness (QED) is 0.864. The van der Waals surface area contributed by atoms with Crippen LogP contribution in [0.2, 0.25) is 10.0 Å². The first-order valence-electron chi connectivity index (χ1n) is 7.35. The zero-order valence-electron chi connectivity index (χ0n) is 12.1. The van der Waals surface area contributed by atoms with E-state index in [1.54, 1.807) is 18.2 Å². The largest absolute Gasteiger partial charge is 0.355 e. The molecule has 3 rings (SSSR count). The Labute approximate surface area is 140 Å². The molecule has 0 spiro atoms. The number of carbonyl (C=O) groups excluding carboxylic acids is 1. The number of benzene rings is 2. The summed E-state index contributed by atoms with van der Waals surface area (Å²) in [5, 5.41) is 4.16. The zero-order chi connectivity index (χ0) is 15.6. The molecular formula is C18H17Cl2NO. The van der Waals surface area contributed by atoms with Crippen LogP contribution in [0.4, 0.5) is 0 Å². The van der Waals surface area contributed by atoms with E-state index < -0.39 is 0 Å². The van der Waals surface area contributed by atoms with Crippen molar-refractivity contribution < 1.29 is 4.79 Å². The van der Waals surface area contributed by atoms with Gasteiger partial charge in [0, 0.05) is 22.0 Å². The Morgan fingerprint density at radius 2 is 1.82 bits per heavy atom. The van der Waals surface area contributed by atoms with Gasteiger partial charge >= 0.3 is 0 Å². The maximum Gasteiger partial charge on any atom is 0.224 e. The molecule has 1 aliphatic carbocycles. The summed E-state index contributed by atoms with van der Waals surface area (Å²) in [5.41, 5.74) is 2.23. The van der Waals surface area contributed by atoms with Crippen molar-refractivity contribution in [2.45, 2.75) is 24.7 Å². The van der Waals surface area contributed by atoms with E-state index in [0.29, 0.717) is 16.6 Å². The van der Waals surface area contributed by atoms with Crippen LogP contribution in [0.5, 0.6) is 0 Å². The molecule has 0 saturated heterocycles. The highest BCUT2D eigenvalue weighted by Gasteiger charge is 2.44. The third-order valence-electron chi connectivity index (χ3n) is 4.23. The smallest absolute Gasteiger partial charge is 0.224 e. The summed E-state index contributed by atoms with van der Waals surface area (Å²) in [4.78, 5) is 12.2. The minimum absolute atomic E-state index is 0.00794. The second kappa shape index (κ2) is 6.31. The van der Waals surface area contributed by atoms with Crippen LogP contribution in [0, 0.1) is 0 Å². The fourth-order valence-electron chi connectivity index (χ4n) is 2.68. The first kappa shape index (κ1) is 15.4. The monoisotopic (exact) mass is 333 g/mol. The van der Waals surface area contributed by atoms with Gasteiger partial charge in [0.2, 0.25) is 5.91 Å². The van der Waals surface area contributed by atoms with Gasteiger partial charge in [-0.2, -0.15) is 0 Å². The summed E-state index contributed by atoms with van der Waals surface area (Å²) in [5.74, 6) is -0.00794. The van der Waals surface area contributed by atoms with Crippen molar-refractivity contribution in [3.63, 3.8) is 0 Å². The molecule has 1 saturated carbocycles. The van der Waals surface area contributed by atoms with Gasteiger partial charge < -0.3 is 5.32 Å². The number of halogens is 2. The highest BCUT2D eigenvalue weighted by Crippen LogP contribution is 2.47. The van der Waals surface area contributed by atoms with Crippen molar-refractivity contribution >= 4 is 29.1 Å². The Morgan fingerprint density at radius 3 is 2.45 bits per heavy atom. The second-order valence-electron chi connectivity index (χ2n) is 5.84. The van der Waals surface area contributed by atoms with Gasteiger partial charge in [0.05, 0.1) is 6.42 Å². The van der Waals surface area contributed by atoms with Crippen LogP contribution in [-0.2, 0) is 16.6 Å². The molecule has 2 aromatic carbocycles. The SMILES string of the molecule is O=C(Cc1ccc(Cl)cc1Cl)NCC1(c2ccccc2)CC1. The molecular weight excluding hydrogens is 317 g/mol. The second-order valence-corrected chi connectivity index (χ2v) is 6.68. The van der Waals surface area contributed by atoms with Gasteiger partial charge in [-0.05, 0) is 36.1 Å². The third kappa shape index (κ3) is 3.45. The summed E-state index contributed by atoms with van der Waals surface area (Å²) in [6, 6.07) is 15.6. The summed E-state index contributed by atoms with van der Waals surface area (Å²) in [6.45, 7) is 0.682. The van der Waals surface area contributed by atoms with E-state index in [2.05, 4.69) is 17.4 Å². The molecule has 1 fully saturated rings. The zero-order valence-corrected chi connectivity index (χ0v) is 13.6. The molecule has 0 heterocycles. The van der Waals surface area contributed by atoms with Gasteiger partial charge in [-0.15, -0.1) is 0 Å². The average molecular weight is 334 g/mol. The molecule has 1 N–H and O–H groups in total. The number of carbonyl (C=O) groups is 1. The third-order valence-corrected chi connectivity index (χ3v) is 4.82. The fraction of sp³-hybridized carbons (Fsp3) is 0.278. The lowest BCUT2D eigenvalue weighted by molar-refractivity contribution is -0.120. The molecule has 1 amide bonds. The predicted molar refractivity (Wildman–Crippen MR) is 90.5 cm³/mol. The van der Waals surface area contributed by atoms with Crippen molar-refractivity contribution in [2.24, 2.45) is 0 Å². The molecule has 2 aromatic rings. The number of nitrogens with one attached hydrogen (secondary N) is 1. The van der Waals surface area contributed by atoms with Crippen LogP contribution >= 0.6 is 23.2 Å². The summed E-state index contributed by atoms with van der Waals surface area (Å²) >= 11 is 12.0. The Hall–Kier alpha value is -1.51. The molecule has 114 valence electrons. The van der Waals surface area contributed by atoms with Gasteiger partial charge in [0.15, 0.2) is 0 Å². The normalized spacial score (nSPS) is 15.4. The van der Waals surface area contributed by atoms with Crippen LogP contribution in [0.1, 0.15) is 24.0 Å². The standard InChI is InChI=1S/C18H17Cl2NO/c19-15-7-6-13(16(20)11-15)10-17(22)21-12-18(8-9-18)14-4-2-1-3-5-14/h1-7,11H,8-10,12H2,(H,21,22). The number of hydrogen-bond acceptors (Lipinski definition) is 1. The molecule has 0 unspecified atom stereocenters. The average Bonchev–Trinajstić information content (AvgIpc) is 3.30. The molecule has 0 aliphatic heterocycles. The van der Waals surface area contributed by atoms with Crippen molar-refractivity contribution in [1.82, 2.24) is 5.32 Å². The van der Waals surface area contributed by atoms with Gasteiger partial charge in [-0.25, -0.2) is 0 Å². The van der Waals surface area contributed by atoms with Crippen molar-refractivity contribution in [3.8, 4) is 0 Å². The number of amides is 1. The van der Waals surface area contributed by atoms with Gasteiger partial charge in [0.25, 0.3) is 0 Å². The number of rotatable bonds is 5. The molecule has 2 nitrogen and oxygen atoms in total. The van der Waals surface area contributed by atoms with Crippen molar-refractivity contribution in [1.29, 1.82) is 0 Å². The number of hydrogen-bond donors (Lipinski definition) is 1. The molecule has 0 atom stereocenters. The maximum absolute atomic E-state index is 12.2. The van der Waals surface area contributed by atoms with E-state index in [9.17, 15) is 4.79 Å². The van der Waals surface area contributed by atoms with E-state index in [1.165, 1.54) is 5.56 Å². The van der Waals surface area contributed by atoms with Crippen LogP contribution in [-0.4, -0.2) is 12.5 Å². The maximum atomic E-state index is 12.2. The molecule has 0 bridgehead atoms. The lowest BCUT2D eigenvalue weighted by Crippen LogP contribution is -2.33. The first-order chi connectivity index (χ1) is 10.6. The first-order valence-corrected chi connectivity index (χ1v) is 8.11. The Balaban J connectivity index is 1.59. The van der Waals surface area contributed by atoms with E-state index in [-0.39, 0.29) is 17.7 Å². The van der Waals surface area contributed by atoms with Crippen LogP contribution in [0.3, 0.4) is 0 Å². The highest BCUT2D eigenvalue weighted by molar-refractivity contribution is 6.35. The summed E-state index contributed by atoms with van der Waals surface area (Å²) in [6.07, 6.45) is 2.53. The van der Waals surface area contributed by atoms with Crippen LogP contribution < -0.4 is 5.32 Å². The van der Waals surface area contributed by atoms with E-state index in [0.717, 1.165) is 18.4 Å². The Morgan fingerprint density at radius 1 is 1.09 bits per heavy atom. The molecule has 1 aliphatic rings. The van der Waals surface area contributed by atoms with Crippen molar-refractivity contribution in [2.75, 3.05) is 6.54 Å². The molecule has 22 heavy (non-hydrogen) atoms. The molecule has 0 radical (unpaired) electrons. The minimum Gasteiger partial charge on any atom is -0.355 e. The van der Waals surface area contributed by atoms with Crippen molar-refractivity contribution in [3.05, 3.63) is 69.7 Å².